The van der Waals surface area contributed by atoms with Crippen molar-refractivity contribution >= 4 is 39.1 Å². The van der Waals surface area contributed by atoms with Crippen LogP contribution in [-0.4, -0.2) is 43.7 Å². The number of hydrogen-bond donors (Lipinski definition) is 1. The molecule has 2 amide bonds. The van der Waals surface area contributed by atoms with Gasteiger partial charge >= 0.3 is 0 Å². The molecule has 1 saturated heterocycles. The Labute approximate surface area is 187 Å². The Morgan fingerprint density at radius 3 is 2.52 bits per heavy atom. The van der Waals surface area contributed by atoms with Gasteiger partial charge in [0, 0.05) is 43.7 Å². The number of benzene rings is 2. The molecule has 2 heterocycles. The van der Waals surface area contributed by atoms with E-state index in [1.165, 1.54) is 22.2 Å². The summed E-state index contributed by atoms with van der Waals surface area (Å²) in [7, 11) is -3.57. The summed E-state index contributed by atoms with van der Waals surface area (Å²) in [6.07, 6.45) is 1.97. The molecule has 0 aromatic heterocycles. The SMILES string of the molecule is CC(=O)N1c2ccc(S(=O)(=O)N3CCCC3)cc2C[C@@H]1C(=O)NCc1ccccc1Cl. The zero-order valence-electron chi connectivity index (χ0n) is 17.2. The first-order valence-electron chi connectivity index (χ1n) is 10.2. The highest BCUT2D eigenvalue weighted by Crippen LogP contribution is 2.35. The molecule has 1 atom stereocenters. The van der Waals surface area contributed by atoms with Crippen molar-refractivity contribution in [2.75, 3.05) is 18.0 Å². The smallest absolute Gasteiger partial charge is 0.243 e. The number of carbonyl (C=O) groups excluding carboxylic acids is 2. The van der Waals surface area contributed by atoms with Gasteiger partial charge in [-0.1, -0.05) is 29.8 Å². The van der Waals surface area contributed by atoms with Crippen LogP contribution in [0.5, 0.6) is 0 Å². The lowest BCUT2D eigenvalue weighted by atomic mass is 10.1. The topological polar surface area (TPSA) is 86.8 Å². The van der Waals surface area contributed by atoms with Crippen LogP contribution >= 0.6 is 11.6 Å². The summed E-state index contributed by atoms with van der Waals surface area (Å²) < 4.78 is 27.3. The first-order valence-corrected chi connectivity index (χ1v) is 12.0. The Morgan fingerprint density at radius 1 is 1.13 bits per heavy atom. The van der Waals surface area contributed by atoms with Gasteiger partial charge < -0.3 is 5.32 Å². The fourth-order valence-electron chi connectivity index (χ4n) is 4.21. The average molecular weight is 462 g/mol. The van der Waals surface area contributed by atoms with Crippen LogP contribution < -0.4 is 10.2 Å². The molecule has 0 radical (unpaired) electrons. The molecule has 0 unspecified atom stereocenters. The van der Waals surface area contributed by atoms with Crippen molar-refractivity contribution in [1.82, 2.24) is 9.62 Å². The van der Waals surface area contributed by atoms with E-state index in [1.54, 1.807) is 18.2 Å². The van der Waals surface area contributed by atoms with Gasteiger partial charge in [-0.15, -0.1) is 0 Å². The Morgan fingerprint density at radius 2 is 1.84 bits per heavy atom. The van der Waals surface area contributed by atoms with Crippen molar-refractivity contribution in [3.05, 3.63) is 58.6 Å². The largest absolute Gasteiger partial charge is 0.350 e. The van der Waals surface area contributed by atoms with Crippen molar-refractivity contribution in [2.45, 2.75) is 43.7 Å². The van der Waals surface area contributed by atoms with E-state index in [2.05, 4.69) is 5.32 Å². The van der Waals surface area contributed by atoms with Gasteiger partial charge in [0.2, 0.25) is 21.8 Å². The number of fused-ring (bicyclic) bond motifs is 1. The summed E-state index contributed by atoms with van der Waals surface area (Å²) >= 11 is 6.16. The van der Waals surface area contributed by atoms with Crippen LogP contribution in [0.25, 0.3) is 0 Å². The van der Waals surface area contributed by atoms with E-state index in [-0.39, 0.29) is 29.7 Å². The predicted octanol–water partition coefficient (Wildman–Crippen LogP) is 2.72. The number of amides is 2. The molecule has 2 aliphatic heterocycles. The molecule has 2 aromatic rings. The summed E-state index contributed by atoms with van der Waals surface area (Å²) in [5, 5.41) is 3.40. The van der Waals surface area contributed by atoms with Crippen molar-refractivity contribution < 1.29 is 18.0 Å². The van der Waals surface area contributed by atoms with Crippen molar-refractivity contribution in [1.29, 1.82) is 0 Å². The molecular weight excluding hydrogens is 438 g/mol. The maximum absolute atomic E-state index is 12.9. The first kappa shape index (κ1) is 21.8. The minimum atomic E-state index is -3.57. The third kappa shape index (κ3) is 4.20. The Kier molecular flexibility index (Phi) is 6.05. The lowest BCUT2D eigenvalue weighted by molar-refractivity contribution is -0.125. The van der Waals surface area contributed by atoms with Gasteiger partial charge in [0.15, 0.2) is 0 Å². The molecule has 2 aromatic carbocycles. The number of anilines is 1. The molecule has 4 rings (SSSR count). The fraction of sp³-hybridized carbons (Fsp3) is 0.364. The van der Waals surface area contributed by atoms with E-state index < -0.39 is 16.1 Å². The normalized spacial score (nSPS) is 18.8. The number of nitrogens with one attached hydrogen (secondary N) is 1. The molecule has 2 aliphatic rings. The quantitative estimate of drug-likeness (QED) is 0.741. The Hall–Kier alpha value is -2.42. The number of halogens is 1. The second-order valence-electron chi connectivity index (χ2n) is 7.82. The minimum absolute atomic E-state index is 0.203. The van der Waals surface area contributed by atoms with Crippen LogP contribution in [0.3, 0.4) is 0 Å². The molecular formula is C22H24ClN3O4S. The van der Waals surface area contributed by atoms with Gasteiger partial charge in [-0.3, -0.25) is 14.5 Å². The first-order chi connectivity index (χ1) is 14.8. The molecule has 9 heteroatoms. The van der Waals surface area contributed by atoms with Crippen LogP contribution in [0, 0.1) is 0 Å². The van der Waals surface area contributed by atoms with E-state index in [4.69, 9.17) is 11.6 Å². The molecule has 7 nitrogen and oxygen atoms in total. The van der Waals surface area contributed by atoms with Gasteiger partial charge in [-0.25, -0.2) is 8.42 Å². The molecule has 164 valence electrons. The maximum atomic E-state index is 12.9. The molecule has 0 aliphatic carbocycles. The monoisotopic (exact) mass is 461 g/mol. The van der Waals surface area contributed by atoms with E-state index in [1.807, 2.05) is 18.2 Å². The minimum Gasteiger partial charge on any atom is -0.350 e. The van der Waals surface area contributed by atoms with Crippen LogP contribution in [-0.2, 0) is 32.6 Å². The third-order valence-electron chi connectivity index (χ3n) is 5.79. The number of sulfonamides is 1. The van der Waals surface area contributed by atoms with Gasteiger partial charge in [-0.2, -0.15) is 4.31 Å². The summed E-state index contributed by atoms with van der Waals surface area (Å²) in [6.45, 7) is 2.68. The highest BCUT2D eigenvalue weighted by molar-refractivity contribution is 7.89. The standard InChI is InChI=1S/C22H24ClN3O4S/c1-15(27)26-20-9-8-18(31(29,30)25-10-4-5-11-25)12-17(20)13-21(26)22(28)24-14-16-6-2-3-7-19(16)23/h2-3,6-9,12,21H,4-5,10-11,13-14H2,1H3,(H,24,28)/t21-/m1/s1. The van der Waals surface area contributed by atoms with E-state index in [9.17, 15) is 18.0 Å². The fourth-order valence-corrected chi connectivity index (χ4v) is 5.98. The van der Waals surface area contributed by atoms with Crippen LogP contribution in [0.1, 0.15) is 30.9 Å². The Balaban J connectivity index is 1.56. The van der Waals surface area contributed by atoms with Crippen LogP contribution in [0.15, 0.2) is 47.4 Å². The molecule has 0 bridgehead atoms. The number of nitrogens with zero attached hydrogens (tertiary/aromatic N) is 2. The third-order valence-corrected chi connectivity index (χ3v) is 8.05. The van der Waals surface area contributed by atoms with E-state index in [0.29, 0.717) is 29.4 Å². The number of rotatable bonds is 5. The summed E-state index contributed by atoms with van der Waals surface area (Å²) in [4.78, 5) is 26.9. The summed E-state index contributed by atoms with van der Waals surface area (Å²) in [5.74, 6) is -0.581. The van der Waals surface area contributed by atoms with E-state index >= 15 is 0 Å². The van der Waals surface area contributed by atoms with Crippen molar-refractivity contribution in [2.24, 2.45) is 0 Å². The lowest BCUT2D eigenvalue weighted by Crippen LogP contribution is -2.47. The Bertz CT molecular complexity index is 1130. The van der Waals surface area contributed by atoms with Crippen LogP contribution in [0.2, 0.25) is 5.02 Å². The van der Waals surface area contributed by atoms with Gasteiger partial charge in [0.1, 0.15) is 6.04 Å². The summed E-state index contributed by atoms with van der Waals surface area (Å²) in [5.41, 5.74) is 2.03. The number of carbonyl (C=O) groups is 2. The molecule has 0 spiro atoms. The van der Waals surface area contributed by atoms with Gasteiger partial charge in [0.05, 0.1) is 4.90 Å². The van der Waals surface area contributed by atoms with E-state index in [0.717, 1.165) is 18.4 Å². The zero-order chi connectivity index (χ0) is 22.2. The highest BCUT2D eigenvalue weighted by Gasteiger charge is 2.38. The van der Waals surface area contributed by atoms with Crippen molar-refractivity contribution in [3.63, 3.8) is 0 Å². The maximum Gasteiger partial charge on any atom is 0.243 e. The molecule has 1 N–H and O–H groups in total. The molecule has 31 heavy (non-hydrogen) atoms. The zero-order valence-corrected chi connectivity index (χ0v) is 18.7. The lowest BCUT2D eigenvalue weighted by Gasteiger charge is -2.23. The second-order valence-corrected chi connectivity index (χ2v) is 10.2. The van der Waals surface area contributed by atoms with Crippen LogP contribution in [0.4, 0.5) is 5.69 Å². The summed E-state index contributed by atoms with van der Waals surface area (Å²) in [6, 6.07) is 11.2. The molecule has 1 fully saturated rings. The predicted molar refractivity (Wildman–Crippen MR) is 118 cm³/mol. The average Bonchev–Trinajstić information content (AvgIpc) is 3.40. The highest BCUT2D eigenvalue weighted by atomic mass is 35.5. The van der Waals surface area contributed by atoms with Crippen molar-refractivity contribution in [3.8, 4) is 0 Å². The number of hydrogen-bond acceptors (Lipinski definition) is 4. The van der Waals surface area contributed by atoms with Gasteiger partial charge in [0.25, 0.3) is 0 Å². The second kappa shape index (κ2) is 8.61. The molecule has 0 saturated carbocycles. The van der Waals surface area contributed by atoms with Gasteiger partial charge in [-0.05, 0) is 48.2 Å².